The molecule has 2 aliphatic rings. The predicted octanol–water partition coefficient (Wildman–Crippen LogP) is 2.48. The molecule has 150 valence electrons. The number of nitrogens with zero attached hydrogens (tertiary/aromatic N) is 2. The van der Waals surface area contributed by atoms with E-state index in [2.05, 4.69) is 10.2 Å². The van der Waals surface area contributed by atoms with Crippen molar-refractivity contribution in [3.8, 4) is 0 Å². The molecule has 1 aliphatic carbocycles. The summed E-state index contributed by atoms with van der Waals surface area (Å²) < 4.78 is 27.0. The normalized spacial score (nSPS) is 21.7. The Morgan fingerprint density at radius 2 is 1.81 bits per heavy atom. The molecule has 1 aromatic rings. The van der Waals surface area contributed by atoms with Gasteiger partial charge in [-0.3, -0.25) is 9.69 Å². The van der Waals surface area contributed by atoms with Crippen LogP contribution in [-0.2, 0) is 14.8 Å². The molecule has 8 heteroatoms. The molecule has 1 heterocycles. The lowest BCUT2D eigenvalue weighted by Gasteiger charge is -2.37. The first-order chi connectivity index (χ1) is 12.9. The number of carbonyl (C=O) groups excluding carboxylic acids is 1. The molecule has 0 bridgehead atoms. The molecule has 1 N–H and O–H groups in total. The molecule has 27 heavy (non-hydrogen) atoms. The highest BCUT2D eigenvalue weighted by molar-refractivity contribution is 7.89. The van der Waals surface area contributed by atoms with Crippen molar-refractivity contribution in [3.63, 3.8) is 0 Å². The molecule has 1 saturated heterocycles. The first-order valence-electron chi connectivity index (χ1n) is 9.68. The van der Waals surface area contributed by atoms with Crippen LogP contribution >= 0.6 is 11.6 Å². The zero-order valence-electron chi connectivity index (χ0n) is 15.7. The third-order valence-electron chi connectivity index (χ3n) is 5.59. The average Bonchev–Trinajstić information content (AvgIpc) is 2.68. The lowest BCUT2D eigenvalue weighted by Crippen LogP contribution is -2.55. The van der Waals surface area contributed by atoms with Gasteiger partial charge in [0.1, 0.15) is 0 Å². The van der Waals surface area contributed by atoms with Crippen LogP contribution in [0.1, 0.15) is 39.0 Å². The van der Waals surface area contributed by atoms with Crippen molar-refractivity contribution in [2.24, 2.45) is 0 Å². The standard InChI is InChI=1S/C19H28ClN3O3S/c1-15(19(24)21-17-7-3-2-4-8-17)22-10-12-23(13-11-22)27(25,26)18-9-5-6-16(20)14-18/h5-6,9,14-15,17H,2-4,7-8,10-13H2,1H3,(H,21,24)/t15-/m0/s1. The van der Waals surface area contributed by atoms with Gasteiger partial charge in [0.25, 0.3) is 0 Å². The number of hydrogen-bond donors (Lipinski definition) is 1. The number of halogens is 1. The Morgan fingerprint density at radius 3 is 2.44 bits per heavy atom. The van der Waals surface area contributed by atoms with E-state index in [1.807, 2.05) is 6.92 Å². The van der Waals surface area contributed by atoms with Gasteiger partial charge in [-0.05, 0) is 38.0 Å². The van der Waals surface area contributed by atoms with Crippen LogP contribution < -0.4 is 5.32 Å². The molecule has 1 aromatic carbocycles. The van der Waals surface area contributed by atoms with Crippen molar-refractivity contribution in [2.45, 2.75) is 56.0 Å². The summed E-state index contributed by atoms with van der Waals surface area (Å²) in [6.45, 7) is 3.73. The van der Waals surface area contributed by atoms with Crippen LogP contribution in [0, 0.1) is 0 Å². The van der Waals surface area contributed by atoms with E-state index in [4.69, 9.17) is 11.6 Å². The summed E-state index contributed by atoms with van der Waals surface area (Å²) in [5.74, 6) is 0.0491. The Balaban J connectivity index is 1.55. The van der Waals surface area contributed by atoms with E-state index in [-0.39, 0.29) is 22.9 Å². The van der Waals surface area contributed by atoms with E-state index in [1.165, 1.54) is 29.6 Å². The summed E-state index contributed by atoms with van der Waals surface area (Å²) in [6.07, 6.45) is 5.73. The molecule has 6 nitrogen and oxygen atoms in total. The van der Waals surface area contributed by atoms with E-state index < -0.39 is 10.0 Å². The molecule has 1 aliphatic heterocycles. The molecule has 0 aromatic heterocycles. The molecule has 1 amide bonds. The summed E-state index contributed by atoms with van der Waals surface area (Å²) in [7, 11) is -3.55. The van der Waals surface area contributed by atoms with Crippen molar-refractivity contribution < 1.29 is 13.2 Å². The molecule has 3 rings (SSSR count). The Morgan fingerprint density at radius 1 is 1.15 bits per heavy atom. The average molecular weight is 414 g/mol. The van der Waals surface area contributed by atoms with Crippen LogP contribution in [0.3, 0.4) is 0 Å². The van der Waals surface area contributed by atoms with Crippen LogP contribution in [0.4, 0.5) is 0 Å². The quantitative estimate of drug-likeness (QED) is 0.805. The van der Waals surface area contributed by atoms with Gasteiger partial charge in [0.15, 0.2) is 0 Å². The van der Waals surface area contributed by atoms with Gasteiger partial charge in [-0.1, -0.05) is 36.9 Å². The lowest BCUT2D eigenvalue weighted by atomic mass is 9.95. The summed E-state index contributed by atoms with van der Waals surface area (Å²) >= 11 is 5.93. The molecule has 1 atom stereocenters. The van der Waals surface area contributed by atoms with E-state index in [0.717, 1.165) is 12.8 Å². The van der Waals surface area contributed by atoms with Gasteiger partial charge in [0.2, 0.25) is 15.9 Å². The number of sulfonamides is 1. The van der Waals surface area contributed by atoms with Crippen LogP contribution in [0.5, 0.6) is 0 Å². The Hall–Kier alpha value is -1.15. The van der Waals surface area contributed by atoms with Crippen molar-refractivity contribution in [3.05, 3.63) is 29.3 Å². The highest BCUT2D eigenvalue weighted by atomic mass is 35.5. The molecular formula is C19H28ClN3O3S. The molecule has 0 unspecified atom stereocenters. The van der Waals surface area contributed by atoms with Crippen LogP contribution in [0.2, 0.25) is 5.02 Å². The summed E-state index contributed by atoms with van der Waals surface area (Å²) in [6, 6.07) is 6.38. The lowest BCUT2D eigenvalue weighted by molar-refractivity contribution is -0.127. The second kappa shape index (κ2) is 8.90. The second-order valence-electron chi connectivity index (χ2n) is 7.42. The van der Waals surface area contributed by atoms with Gasteiger partial charge in [-0.25, -0.2) is 8.42 Å². The highest BCUT2D eigenvalue weighted by Gasteiger charge is 2.32. The first-order valence-corrected chi connectivity index (χ1v) is 11.5. The fourth-order valence-corrected chi connectivity index (χ4v) is 5.57. The molecule has 1 saturated carbocycles. The van der Waals surface area contributed by atoms with E-state index in [1.54, 1.807) is 18.2 Å². The van der Waals surface area contributed by atoms with Gasteiger partial charge in [0.05, 0.1) is 10.9 Å². The van der Waals surface area contributed by atoms with Gasteiger partial charge in [-0.15, -0.1) is 0 Å². The zero-order chi connectivity index (χ0) is 19.4. The summed E-state index contributed by atoms with van der Waals surface area (Å²) in [4.78, 5) is 14.8. The number of amides is 1. The zero-order valence-corrected chi connectivity index (χ0v) is 17.3. The predicted molar refractivity (Wildman–Crippen MR) is 106 cm³/mol. The first kappa shape index (κ1) is 20.6. The van der Waals surface area contributed by atoms with Gasteiger partial charge >= 0.3 is 0 Å². The van der Waals surface area contributed by atoms with Gasteiger partial charge in [0, 0.05) is 37.2 Å². The smallest absolute Gasteiger partial charge is 0.243 e. The van der Waals surface area contributed by atoms with Crippen molar-refractivity contribution in [2.75, 3.05) is 26.2 Å². The van der Waals surface area contributed by atoms with Gasteiger partial charge < -0.3 is 5.32 Å². The minimum absolute atomic E-state index is 0.0491. The third-order valence-corrected chi connectivity index (χ3v) is 7.72. The third kappa shape index (κ3) is 5.02. The number of rotatable bonds is 5. The fourth-order valence-electron chi connectivity index (χ4n) is 3.84. The SMILES string of the molecule is C[C@@H](C(=O)NC1CCCCC1)N1CCN(S(=O)(=O)c2cccc(Cl)c2)CC1. The minimum atomic E-state index is -3.55. The number of hydrogen-bond acceptors (Lipinski definition) is 4. The highest BCUT2D eigenvalue weighted by Crippen LogP contribution is 2.22. The summed E-state index contributed by atoms with van der Waals surface area (Å²) in [5.41, 5.74) is 0. The maximum atomic E-state index is 12.8. The van der Waals surface area contributed by atoms with Crippen LogP contribution in [0.25, 0.3) is 0 Å². The van der Waals surface area contributed by atoms with Crippen LogP contribution in [0.15, 0.2) is 29.2 Å². The van der Waals surface area contributed by atoms with E-state index >= 15 is 0 Å². The number of piperazine rings is 1. The molecule has 2 fully saturated rings. The number of carbonyl (C=O) groups is 1. The fraction of sp³-hybridized carbons (Fsp3) is 0.632. The van der Waals surface area contributed by atoms with Gasteiger partial charge in [-0.2, -0.15) is 4.31 Å². The van der Waals surface area contributed by atoms with Crippen molar-refractivity contribution >= 4 is 27.5 Å². The van der Waals surface area contributed by atoms with E-state index in [0.29, 0.717) is 31.2 Å². The molecule has 0 spiro atoms. The summed E-state index contributed by atoms with van der Waals surface area (Å²) in [5, 5.41) is 3.57. The number of nitrogens with one attached hydrogen (secondary N) is 1. The van der Waals surface area contributed by atoms with Crippen molar-refractivity contribution in [1.29, 1.82) is 0 Å². The Bertz CT molecular complexity index is 757. The maximum absolute atomic E-state index is 12.8. The topological polar surface area (TPSA) is 69.7 Å². The second-order valence-corrected chi connectivity index (χ2v) is 9.79. The minimum Gasteiger partial charge on any atom is -0.352 e. The van der Waals surface area contributed by atoms with Crippen molar-refractivity contribution in [1.82, 2.24) is 14.5 Å². The molecular weight excluding hydrogens is 386 g/mol. The monoisotopic (exact) mass is 413 g/mol. The largest absolute Gasteiger partial charge is 0.352 e. The van der Waals surface area contributed by atoms with Crippen LogP contribution in [-0.4, -0.2) is 61.8 Å². The number of benzene rings is 1. The maximum Gasteiger partial charge on any atom is 0.243 e. The molecule has 0 radical (unpaired) electrons. The Labute approximate surface area is 166 Å². The van der Waals surface area contributed by atoms with E-state index in [9.17, 15) is 13.2 Å². The Kier molecular flexibility index (Phi) is 6.78.